The van der Waals surface area contributed by atoms with Gasteiger partial charge in [-0.05, 0) is 25.0 Å². The van der Waals surface area contributed by atoms with Gasteiger partial charge >= 0.3 is 0 Å². The van der Waals surface area contributed by atoms with Crippen molar-refractivity contribution in [3.63, 3.8) is 0 Å². The molecule has 1 saturated carbocycles. The molecule has 0 unspecified atom stereocenters. The summed E-state index contributed by atoms with van der Waals surface area (Å²) in [6.07, 6.45) is 2.01. The van der Waals surface area contributed by atoms with E-state index < -0.39 is 5.82 Å². The van der Waals surface area contributed by atoms with Crippen molar-refractivity contribution >= 4 is 23.1 Å². The van der Waals surface area contributed by atoms with Gasteiger partial charge in [0.25, 0.3) is 5.91 Å². The van der Waals surface area contributed by atoms with Crippen LogP contribution in [0.3, 0.4) is 0 Å². The average molecular weight is 268 g/mol. The number of carbonyl (C=O) groups excluding carboxylic acids is 1. The van der Waals surface area contributed by atoms with E-state index in [1.807, 2.05) is 0 Å². The summed E-state index contributed by atoms with van der Waals surface area (Å²) in [5.74, 6) is -0.591. The van der Waals surface area contributed by atoms with E-state index >= 15 is 0 Å². The third-order valence-electron chi connectivity index (χ3n) is 2.52. The summed E-state index contributed by atoms with van der Waals surface area (Å²) in [5, 5.41) is 2.77. The maximum Gasteiger partial charge on any atom is 0.258 e. The van der Waals surface area contributed by atoms with Crippen molar-refractivity contribution in [1.29, 1.82) is 0 Å². The van der Waals surface area contributed by atoms with Gasteiger partial charge in [-0.25, -0.2) is 4.39 Å². The van der Waals surface area contributed by atoms with Crippen molar-refractivity contribution in [3.8, 4) is 5.75 Å². The zero-order valence-electron chi connectivity index (χ0n) is 9.61. The van der Waals surface area contributed by atoms with Gasteiger partial charge in [0.15, 0.2) is 6.61 Å². The molecular formula is C12H13FN2O2S. The second-order valence-electron chi connectivity index (χ2n) is 4.11. The number of benzene rings is 1. The highest BCUT2D eigenvalue weighted by Gasteiger charge is 2.23. The van der Waals surface area contributed by atoms with Crippen molar-refractivity contribution < 1.29 is 13.9 Å². The van der Waals surface area contributed by atoms with Crippen LogP contribution in [-0.2, 0) is 4.79 Å². The number of nitrogens with two attached hydrogens (primary N) is 1. The maximum absolute atomic E-state index is 13.5. The molecular weight excluding hydrogens is 255 g/mol. The van der Waals surface area contributed by atoms with Gasteiger partial charge in [0, 0.05) is 6.04 Å². The van der Waals surface area contributed by atoms with E-state index in [2.05, 4.69) is 5.32 Å². The first-order valence-corrected chi connectivity index (χ1v) is 5.99. The van der Waals surface area contributed by atoms with Crippen molar-refractivity contribution in [2.24, 2.45) is 5.73 Å². The van der Waals surface area contributed by atoms with Crippen molar-refractivity contribution in [3.05, 3.63) is 29.6 Å². The zero-order chi connectivity index (χ0) is 13.1. The number of hydrogen-bond acceptors (Lipinski definition) is 3. The summed E-state index contributed by atoms with van der Waals surface area (Å²) in [4.78, 5) is 11.3. The van der Waals surface area contributed by atoms with E-state index in [0.29, 0.717) is 0 Å². The molecule has 6 heteroatoms. The normalized spacial score (nSPS) is 14.1. The van der Waals surface area contributed by atoms with E-state index in [0.717, 1.165) is 12.8 Å². The Morgan fingerprint density at radius 3 is 2.89 bits per heavy atom. The summed E-state index contributed by atoms with van der Waals surface area (Å²) < 4.78 is 18.7. The van der Waals surface area contributed by atoms with Crippen LogP contribution in [0.2, 0.25) is 0 Å². The molecule has 0 bridgehead atoms. The topological polar surface area (TPSA) is 64.3 Å². The maximum atomic E-state index is 13.5. The molecule has 0 radical (unpaired) electrons. The van der Waals surface area contributed by atoms with Crippen LogP contribution in [0.4, 0.5) is 4.39 Å². The molecule has 1 aromatic carbocycles. The molecule has 4 nitrogen and oxygen atoms in total. The lowest BCUT2D eigenvalue weighted by atomic mass is 10.2. The van der Waals surface area contributed by atoms with Gasteiger partial charge in [0.1, 0.15) is 16.6 Å². The first-order chi connectivity index (χ1) is 8.58. The van der Waals surface area contributed by atoms with E-state index in [9.17, 15) is 9.18 Å². The Morgan fingerprint density at radius 2 is 2.28 bits per heavy atom. The summed E-state index contributed by atoms with van der Waals surface area (Å²) in [5.41, 5.74) is 5.46. The number of hydrogen-bond donors (Lipinski definition) is 2. The molecule has 1 aromatic rings. The predicted molar refractivity (Wildman–Crippen MR) is 68.9 cm³/mol. The number of ether oxygens (including phenoxy) is 1. The number of nitrogens with one attached hydrogen (secondary N) is 1. The molecule has 0 heterocycles. The number of amides is 1. The third-order valence-corrected chi connectivity index (χ3v) is 2.73. The molecule has 18 heavy (non-hydrogen) atoms. The minimum Gasteiger partial charge on any atom is -0.483 e. The first-order valence-electron chi connectivity index (χ1n) is 5.58. The minimum atomic E-state index is -0.553. The van der Waals surface area contributed by atoms with Crippen LogP contribution in [0.15, 0.2) is 18.2 Å². The second-order valence-corrected chi connectivity index (χ2v) is 4.55. The van der Waals surface area contributed by atoms with Crippen LogP contribution >= 0.6 is 12.2 Å². The van der Waals surface area contributed by atoms with Crippen molar-refractivity contribution in [2.45, 2.75) is 18.9 Å². The van der Waals surface area contributed by atoms with Crippen molar-refractivity contribution in [1.82, 2.24) is 5.32 Å². The Balaban J connectivity index is 2.01. The molecule has 2 rings (SSSR count). The van der Waals surface area contributed by atoms with Crippen LogP contribution in [0.1, 0.15) is 18.4 Å². The van der Waals surface area contributed by atoms with Crippen molar-refractivity contribution in [2.75, 3.05) is 6.61 Å². The molecule has 0 aliphatic heterocycles. The van der Waals surface area contributed by atoms with Gasteiger partial charge < -0.3 is 15.8 Å². The van der Waals surface area contributed by atoms with E-state index in [4.69, 9.17) is 22.7 Å². The van der Waals surface area contributed by atoms with Crippen LogP contribution in [0.25, 0.3) is 0 Å². The SMILES string of the molecule is NC(=S)c1c(F)cccc1OCC(=O)NC1CC1. The molecule has 3 N–H and O–H groups in total. The van der Waals surface area contributed by atoms with E-state index in [-0.39, 0.29) is 34.9 Å². The molecule has 1 amide bonds. The summed E-state index contributed by atoms with van der Waals surface area (Å²) in [6.45, 7) is -0.171. The van der Waals surface area contributed by atoms with Crippen LogP contribution in [0.5, 0.6) is 5.75 Å². The Labute approximate surface area is 109 Å². The molecule has 96 valence electrons. The highest BCUT2D eigenvalue weighted by molar-refractivity contribution is 7.80. The molecule has 0 aromatic heterocycles. The fourth-order valence-corrected chi connectivity index (χ4v) is 1.70. The molecule has 0 spiro atoms. The lowest BCUT2D eigenvalue weighted by Crippen LogP contribution is -2.30. The number of thiocarbonyl (C=S) groups is 1. The summed E-state index contributed by atoms with van der Waals surface area (Å²) in [6, 6.07) is 4.52. The van der Waals surface area contributed by atoms with Gasteiger partial charge in [0.2, 0.25) is 0 Å². The fraction of sp³-hybridized carbons (Fsp3) is 0.333. The molecule has 0 atom stereocenters. The van der Waals surface area contributed by atoms with E-state index in [1.54, 1.807) is 0 Å². The number of carbonyl (C=O) groups is 1. The molecule has 1 aliphatic carbocycles. The third kappa shape index (κ3) is 3.16. The largest absolute Gasteiger partial charge is 0.483 e. The fourth-order valence-electron chi connectivity index (χ4n) is 1.50. The summed E-state index contributed by atoms with van der Waals surface area (Å²) >= 11 is 4.75. The Bertz CT molecular complexity index is 489. The Hall–Kier alpha value is -1.69. The van der Waals surface area contributed by atoms with Gasteiger partial charge in [-0.1, -0.05) is 18.3 Å². The highest BCUT2D eigenvalue weighted by Crippen LogP contribution is 2.22. The van der Waals surface area contributed by atoms with Crippen LogP contribution in [0, 0.1) is 5.82 Å². The number of rotatable bonds is 5. The highest BCUT2D eigenvalue weighted by atomic mass is 32.1. The molecule has 1 aliphatic rings. The molecule has 0 saturated heterocycles. The lowest BCUT2D eigenvalue weighted by Gasteiger charge is -2.11. The Kier molecular flexibility index (Phi) is 3.76. The smallest absolute Gasteiger partial charge is 0.258 e. The second kappa shape index (κ2) is 5.30. The van der Waals surface area contributed by atoms with Gasteiger partial charge in [-0.3, -0.25) is 4.79 Å². The van der Waals surface area contributed by atoms with Crippen LogP contribution < -0.4 is 15.8 Å². The average Bonchev–Trinajstić information content (AvgIpc) is 3.09. The molecule has 1 fully saturated rings. The predicted octanol–water partition coefficient (Wildman–Crippen LogP) is 1.12. The lowest BCUT2D eigenvalue weighted by molar-refractivity contribution is -0.123. The number of halogens is 1. The quantitative estimate of drug-likeness (QED) is 0.785. The van der Waals surface area contributed by atoms with Gasteiger partial charge in [-0.15, -0.1) is 0 Å². The van der Waals surface area contributed by atoms with E-state index in [1.165, 1.54) is 18.2 Å². The van der Waals surface area contributed by atoms with Crippen LogP contribution in [-0.4, -0.2) is 23.5 Å². The zero-order valence-corrected chi connectivity index (χ0v) is 10.4. The Morgan fingerprint density at radius 1 is 1.56 bits per heavy atom. The first kappa shape index (κ1) is 12.8. The minimum absolute atomic E-state index is 0.0340. The monoisotopic (exact) mass is 268 g/mol. The summed E-state index contributed by atoms with van der Waals surface area (Å²) in [7, 11) is 0. The standard InChI is InChI=1S/C12H13FN2O2S/c13-8-2-1-3-9(11(8)12(14)18)17-6-10(16)15-7-4-5-7/h1-3,7H,4-6H2,(H2,14,18)(H,15,16). The van der Waals surface area contributed by atoms with Gasteiger partial charge in [-0.2, -0.15) is 0 Å². The van der Waals surface area contributed by atoms with Gasteiger partial charge in [0.05, 0.1) is 5.56 Å².